The molecule has 5 nitrogen and oxygen atoms in total. The zero-order valence-electron chi connectivity index (χ0n) is 11.4. The lowest BCUT2D eigenvalue weighted by atomic mass is 10.2. The van der Waals surface area contributed by atoms with E-state index in [1.165, 1.54) is 0 Å². The molecular formula is C16H10ClN3O2. The number of ether oxygens (including phenoxy) is 1. The molecule has 0 atom stereocenters. The normalized spacial score (nSPS) is 10.2. The standard InChI is InChI=1S/C16H10ClN3O2/c17-13-6-4-12(5-7-13)16-19-15(22-20-16)10-21-14-3-1-2-11(8-14)9-18/h1-8H,10H2. The van der Waals surface area contributed by atoms with Crippen molar-refractivity contribution < 1.29 is 9.26 Å². The van der Waals surface area contributed by atoms with E-state index in [1.807, 2.05) is 12.1 Å². The number of rotatable bonds is 4. The van der Waals surface area contributed by atoms with Gasteiger partial charge in [0.05, 0.1) is 11.6 Å². The molecule has 1 heterocycles. The Morgan fingerprint density at radius 1 is 1.18 bits per heavy atom. The first kappa shape index (κ1) is 14.1. The second-order valence-electron chi connectivity index (χ2n) is 4.45. The van der Waals surface area contributed by atoms with E-state index in [-0.39, 0.29) is 6.61 Å². The predicted octanol–water partition coefficient (Wildman–Crippen LogP) is 3.84. The first-order valence-electron chi connectivity index (χ1n) is 6.46. The van der Waals surface area contributed by atoms with E-state index in [0.29, 0.717) is 28.1 Å². The molecule has 0 N–H and O–H groups in total. The molecule has 2 aromatic carbocycles. The number of nitrogens with zero attached hydrogens (tertiary/aromatic N) is 3. The third-order valence-corrected chi connectivity index (χ3v) is 3.15. The van der Waals surface area contributed by atoms with E-state index in [4.69, 9.17) is 26.1 Å². The molecule has 0 bridgehead atoms. The van der Waals surface area contributed by atoms with Crippen LogP contribution < -0.4 is 4.74 Å². The number of hydrogen-bond acceptors (Lipinski definition) is 5. The fraction of sp³-hybridized carbons (Fsp3) is 0.0625. The average molecular weight is 312 g/mol. The summed E-state index contributed by atoms with van der Waals surface area (Å²) in [5.41, 5.74) is 1.34. The number of halogens is 1. The van der Waals surface area contributed by atoms with Crippen molar-refractivity contribution in [3.8, 4) is 23.2 Å². The van der Waals surface area contributed by atoms with Gasteiger partial charge in [0.25, 0.3) is 5.89 Å². The van der Waals surface area contributed by atoms with Crippen LogP contribution in [-0.4, -0.2) is 10.1 Å². The summed E-state index contributed by atoms with van der Waals surface area (Å²) in [4.78, 5) is 4.26. The Balaban J connectivity index is 1.69. The first-order chi connectivity index (χ1) is 10.7. The van der Waals surface area contributed by atoms with Gasteiger partial charge < -0.3 is 9.26 Å². The highest BCUT2D eigenvalue weighted by atomic mass is 35.5. The van der Waals surface area contributed by atoms with Crippen LogP contribution in [0.5, 0.6) is 5.75 Å². The molecule has 0 fully saturated rings. The van der Waals surface area contributed by atoms with E-state index in [1.54, 1.807) is 36.4 Å². The van der Waals surface area contributed by atoms with Gasteiger partial charge in [-0.1, -0.05) is 22.8 Å². The molecule has 1 aromatic heterocycles. The van der Waals surface area contributed by atoms with Crippen LogP contribution in [0.1, 0.15) is 11.5 Å². The van der Waals surface area contributed by atoms with Crippen LogP contribution in [0.3, 0.4) is 0 Å². The van der Waals surface area contributed by atoms with Crippen LogP contribution >= 0.6 is 11.6 Å². The van der Waals surface area contributed by atoms with Crippen LogP contribution in [0, 0.1) is 11.3 Å². The van der Waals surface area contributed by atoms with Gasteiger partial charge in [0.15, 0.2) is 6.61 Å². The Labute approximate surface area is 131 Å². The van der Waals surface area contributed by atoms with Gasteiger partial charge in [-0.2, -0.15) is 10.2 Å². The van der Waals surface area contributed by atoms with E-state index in [9.17, 15) is 0 Å². The van der Waals surface area contributed by atoms with Gasteiger partial charge in [-0.15, -0.1) is 0 Å². The fourth-order valence-electron chi connectivity index (χ4n) is 1.83. The predicted molar refractivity (Wildman–Crippen MR) is 80.2 cm³/mol. The van der Waals surface area contributed by atoms with Crippen molar-refractivity contribution in [2.45, 2.75) is 6.61 Å². The number of nitriles is 1. The van der Waals surface area contributed by atoms with E-state index >= 15 is 0 Å². The summed E-state index contributed by atoms with van der Waals surface area (Å²) in [6.45, 7) is 0.134. The summed E-state index contributed by atoms with van der Waals surface area (Å²) in [6.07, 6.45) is 0. The number of hydrogen-bond donors (Lipinski definition) is 0. The molecule has 3 rings (SSSR count). The molecule has 3 aromatic rings. The van der Waals surface area contributed by atoms with Gasteiger partial charge in [0.2, 0.25) is 5.82 Å². The lowest BCUT2D eigenvalue weighted by Gasteiger charge is -2.02. The largest absolute Gasteiger partial charge is 0.484 e. The molecule has 0 aliphatic heterocycles. The van der Waals surface area contributed by atoms with Crippen LogP contribution in [0.4, 0.5) is 0 Å². The zero-order valence-corrected chi connectivity index (χ0v) is 12.1. The summed E-state index contributed by atoms with van der Waals surface area (Å²) >= 11 is 5.84. The highest BCUT2D eigenvalue weighted by Crippen LogP contribution is 2.19. The van der Waals surface area contributed by atoms with Gasteiger partial charge >= 0.3 is 0 Å². The SMILES string of the molecule is N#Cc1cccc(OCc2nc(-c3ccc(Cl)cc3)no2)c1. The highest BCUT2D eigenvalue weighted by Gasteiger charge is 2.09. The maximum Gasteiger partial charge on any atom is 0.264 e. The maximum atomic E-state index is 8.84. The molecule has 0 aliphatic carbocycles. The minimum atomic E-state index is 0.134. The van der Waals surface area contributed by atoms with Crippen LogP contribution in [0.25, 0.3) is 11.4 Å². The quantitative estimate of drug-likeness (QED) is 0.732. The van der Waals surface area contributed by atoms with Gasteiger partial charge in [-0.3, -0.25) is 0 Å². The van der Waals surface area contributed by atoms with Crippen molar-refractivity contribution in [1.29, 1.82) is 5.26 Å². The van der Waals surface area contributed by atoms with E-state index < -0.39 is 0 Å². The molecule has 0 spiro atoms. The molecule has 0 saturated carbocycles. The van der Waals surface area contributed by atoms with Crippen LogP contribution in [0.15, 0.2) is 53.1 Å². The van der Waals surface area contributed by atoms with Crippen molar-refractivity contribution in [3.63, 3.8) is 0 Å². The molecule has 0 saturated heterocycles. The lowest BCUT2D eigenvalue weighted by molar-refractivity contribution is 0.243. The van der Waals surface area contributed by atoms with Gasteiger partial charge in [0.1, 0.15) is 5.75 Å². The Kier molecular flexibility index (Phi) is 4.03. The Morgan fingerprint density at radius 3 is 2.77 bits per heavy atom. The maximum absolute atomic E-state index is 8.84. The third kappa shape index (κ3) is 3.25. The lowest BCUT2D eigenvalue weighted by Crippen LogP contribution is -1.96. The summed E-state index contributed by atoms with van der Waals surface area (Å²) in [7, 11) is 0. The highest BCUT2D eigenvalue weighted by molar-refractivity contribution is 6.30. The summed E-state index contributed by atoms with van der Waals surface area (Å²) in [5, 5.41) is 13.4. The monoisotopic (exact) mass is 311 g/mol. The van der Waals surface area contributed by atoms with Gasteiger partial charge in [-0.25, -0.2) is 0 Å². The summed E-state index contributed by atoms with van der Waals surface area (Å²) in [6, 6.07) is 16.1. The Hall–Kier alpha value is -2.84. The van der Waals surface area contributed by atoms with Gasteiger partial charge in [-0.05, 0) is 42.5 Å². The Morgan fingerprint density at radius 2 is 2.00 bits per heavy atom. The minimum Gasteiger partial charge on any atom is -0.484 e. The van der Waals surface area contributed by atoms with E-state index in [0.717, 1.165) is 5.56 Å². The Bertz CT molecular complexity index is 822. The molecule has 0 amide bonds. The first-order valence-corrected chi connectivity index (χ1v) is 6.84. The molecule has 0 aliphatic rings. The van der Waals surface area contributed by atoms with Crippen molar-refractivity contribution in [2.24, 2.45) is 0 Å². The molecule has 108 valence electrons. The summed E-state index contributed by atoms with van der Waals surface area (Å²) in [5.74, 6) is 1.40. The molecule has 0 radical (unpaired) electrons. The number of benzene rings is 2. The van der Waals surface area contributed by atoms with E-state index in [2.05, 4.69) is 16.2 Å². The second-order valence-corrected chi connectivity index (χ2v) is 4.88. The zero-order chi connectivity index (χ0) is 15.4. The molecule has 0 unspecified atom stereocenters. The van der Waals surface area contributed by atoms with Crippen molar-refractivity contribution >= 4 is 11.6 Å². The number of aromatic nitrogens is 2. The topological polar surface area (TPSA) is 71.9 Å². The van der Waals surface area contributed by atoms with Crippen molar-refractivity contribution in [3.05, 3.63) is 65.0 Å². The molecular weight excluding hydrogens is 302 g/mol. The summed E-state index contributed by atoms with van der Waals surface area (Å²) < 4.78 is 10.7. The van der Waals surface area contributed by atoms with Crippen molar-refractivity contribution in [2.75, 3.05) is 0 Å². The van der Waals surface area contributed by atoms with Crippen molar-refractivity contribution in [1.82, 2.24) is 10.1 Å². The second kappa shape index (κ2) is 6.29. The third-order valence-electron chi connectivity index (χ3n) is 2.90. The smallest absolute Gasteiger partial charge is 0.264 e. The van der Waals surface area contributed by atoms with Crippen LogP contribution in [-0.2, 0) is 6.61 Å². The van der Waals surface area contributed by atoms with Gasteiger partial charge in [0, 0.05) is 10.6 Å². The minimum absolute atomic E-state index is 0.134. The molecule has 6 heteroatoms. The molecule has 22 heavy (non-hydrogen) atoms. The fourth-order valence-corrected chi connectivity index (χ4v) is 1.96. The van der Waals surface area contributed by atoms with Crippen LogP contribution in [0.2, 0.25) is 5.02 Å². The average Bonchev–Trinajstić information content (AvgIpc) is 3.03.